The molecule has 1 amide bonds. The van der Waals surface area contributed by atoms with Gasteiger partial charge in [0.25, 0.3) is 5.78 Å². The van der Waals surface area contributed by atoms with Gasteiger partial charge in [0.1, 0.15) is 16.5 Å². The van der Waals surface area contributed by atoms with Crippen LogP contribution in [0.1, 0.15) is 41.9 Å². The molecule has 4 rings (SSSR count). The predicted molar refractivity (Wildman–Crippen MR) is 142 cm³/mol. The molecule has 1 aromatic heterocycles. The van der Waals surface area contributed by atoms with Crippen molar-refractivity contribution in [3.63, 3.8) is 0 Å². The third-order valence-corrected chi connectivity index (χ3v) is 6.90. The molecule has 2 aromatic carbocycles. The van der Waals surface area contributed by atoms with Crippen LogP contribution in [0.3, 0.4) is 0 Å². The Balaban J connectivity index is 1.88. The Labute approximate surface area is 224 Å². The Kier molecular flexibility index (Phi) is 8.16. The largest absolute Gasteiger partial charge is 0.507 e. The topological polar surface area (TPSA) is 120 Å². The fourth-order valence-electron chi connectivity index (χ4n) is 4.19. The van der Waals surface area contributed by atoms with Crippen LogP contribution in [0.15, 0.2) is 42.0 Å². The smallest absolute Gasteiger partial charge is 0.301 e. The molecule has 10 nitrogen and oxygen atoms in total. The number of ketones is 1. The van der Waals surface area contributed by atoms with E-state index in [1.54, 1.807) is 43.3 Å². The van der Waals surface area contributed by atoms with Crippen molar-refractivity contribution in [3.8, 4) is 23.0 Å². The van der Waals surface area contributed by atoms with Crippen molar-refractivity contribution in [2.45, 2.75) is 32.7 Å². The Hall–Kier alpha value is -4.12. The lowest BCUT2D eigenvalue weighted by molar-refractivity contribution is -0.132. The number of aliphatic hydroxyl groups is 1. The van der Waals surface area contributed by atoms with Gasteiger partial charge in [-0.25, -0.2) is 0 Å². The molecule has 1 saturated heterocycles. The molecule has 3 aromatic rings. The molecule has 1 fully saturated rings. The molecule has 0 aliphatic carbocycles. The number of unbranched alkanes of at least 4 members (excludes halogenated alkanes) is 1. The van der Waals surface area contributed by atoms with Crippen molar-refractivity contribution >= 4 is 33.9 Å². The first-order valence-corrected chi connectivity index (χ1v) is 12.8. The van der Waals surface area contributed by atoms with Gasteiger partial charge in [0.2, 0.25) is 10.9 Å². The van der Waals surface area contributed by atoms with E-state index in [9.17, 15) is 14.7 Å². The number of carbonyl (C=O) groups excluding carboxylic acids is 2. The molecular formula is C27H29N3O7S. The molecule has 1 atom stereocenters. The highest BCUT2D eigenvalue weighted by atomic mass is 32.1. The number of carbonyl (C=O) groups is 2. The molecule has 1 aliphatic rings. The summed E-state index contributed by atoms with van der Waals surface area (Å²) in [5.41, 5.74) is 0.709. The summed E-state index contributed by atoms with van der Waals surface area (Å²) in [6, 6.07) is 8.95. The molecule has 1 N–H and O–H groups in total. The number of hydrogen-bond donors (Lipinski definition) is 1. The van der Waals surface area contributed by atoms with E-state index in [1.807, 2.05) is 0 Å². The first-order chi connectivity index (χ1) is 18.3. The summed E-state index contributed by atoms with van der Waals surface area (Å²) < 4.78 is 22.1. The minimum atomic E-state index is -1.03. The normalized spacial score (nSPS) is 16.6. The van der Waals surface area contributed by atoms with E-state index in [-0.39, 0.29) is 16.5 Å². The maximum absolute atomic E-state index is 13.4. The molecule has 1 aliphatic heterocycles. The zero-order chi connectivity index (χ0) is 27.4. The maximum Gasteiger partial charge on any atom is 0.301 e. The fourth-order valence-corrected chi connectivity index (χ4v) is 4.90. The summed E-state index contributed by atoms with van der Waals surface area (Å²) in [6.45, 7) is 4.40. The second-order valence-corrected chi connectivity index (χ2v) is 9.62. The molecule has 1 unspecified atom stereocenters. The van der Waals surface area contributed by atoms with Gasteiger partial charge in [0.05, 0.1) is 39.6 Å². The maximum atomic E-state index is 13.4. The third-order valence-electron chi connectivity index (χ3n) is 6.06. The Morgan fingerprint density at radius 2 is 1.68 bits per heavy atom. The molecule has 200 valence electrons. The molecule has 2 heterocycles. The first kappa shape index (κ1) is 26.9. The summed E-state index contributed by atoms with van der Waals surface area (Å²) in [5, 5.41) is 20.3. The number of benzene rings is 2. The third kappa shape index (κ3) is 5.01. The highest BCUT2D eigenvalue weighted by Gasteiger charge is 2.48. The van der Waals surface area contributed by atoms with Crippen molar-refractivity contribution in [2.75, 3.05) is 32.8 Å². The van der Waals surface area contributed by atoms with Gasteiger partial charge in [0.15, 0.2) is 11.5 Å². The minimum Gasteiger partial charge on any atom is -0.507 e. The molecule has 0 saturated carbocycles. The molecular weight excluding hydrogens is 510 g/mol. The van der Waals surface area contributed by atoms with Crippen LogP contribution in [0.5, 0.6) is 23.0 Å². The van der Waals surface area contributed by atoms with E-state index in [1.165, 1.54) is 26.2 Å². The summed E-state index contributed by atoms with van der Waals surface area (Å²) in [7, 11) is 4.41. The first-order valence-electron chi connectivity index (χ1n) is 12.0. The summed E-state index contributed by atoms with van der Waals surface area (Å²) in [6.07, 6.45) is 1.93. The number of ether oxygens (including phenoxy) is 4. The van der Waals surface area contributed by atoms with Gasteiger partial charge in [0, 0.05) is 5.56 Å². The van der Waals surface area contributed by atoms with Gasteiger partial charge in [-0.1, -0.05) is 24.7 Å². The SMILES string of the molecule is CCCCOc1ccc(/C(O)=C2/C(=O)C(=O)N(c3nnc(C)s3)C2c2cc(OC)c(OC)c(OC)c2)cc1. The number of nitrogens with zero attached hydrogens (tertiary/aromatic N) is 3. The van der Waals surface area contributed by atoms with Gasteiger partial charge in [-0.3, -0.25) is 14.5 Å². The van der Waals surface area contributed by atoms with E-state index in [4.69, 9.17) is 18.9 Å². The van der Waals surface area contributed by atoms with Crippen LogP contribution in [-0.4, -0.2) is 54.9 Å². The van der Waals surface area contributed by atoms with E-state index >= 15 is 0 Å². The van der Waals surface area contributed by atoms with Gasteiger partial charge in [-0.2, -0.15) is 0 Å². The van der Waals surface area contributed by atoms with Crippen LogP contribution in [0.2, 0.25) is 0 Å². The second kappa shape index (κ2) is 11.5. The van der Waals surface area contributed by atoms with Crippen LogP contribution < -0.4 is 23.8 Å². The van der Waals surface area contributed by atoms with Crippen molar-refractivity contribution in [3.05, 3.63) is 58.1 Å². The van der Waals surface area contributed by atoms with Crippen LogP contribution in [-0.2, 0) is 9.59 Å². The summed E-state index contributed by atoms with van der Waals surface area (Å²) in [4.78, 5) is 28.0. The van der Waals surface area contributed by atoms with Gasteiger partial charge >= 0.3 is 5.91 Å². The van der Waals surface area contributed by atoms with E-state index < -0.39 is 17.7 Å². The van der Waals surface area contributed by atoms with Gasteiger partial charge in [-0.15, -0.1) is 10.2 Å². The average Bonchev–Trinajstić information content (AvgIpc) is 3.47. The monoisotopic (exact) mass is 539 g/mol. The van der Waals surface area contributed by atoms with E-state index in [0.717, 1.165) is 24.2 Å². The van der Waals surface area contributed by atoms with Crippen LogP contribution in [0, 0.1) is 6.92 Å². The lowest BCUT2D eigenvalue weighted by atomic mass is 9.94. The predicted octanol–water partition coefficient (Wildman–Crippen LogP) is 4.68. The number of Topliss-reactive ketones (excluding diaryl/α,β-unsaturated/α-hetero) is 1. The number of aryl methyl sites for hydroxylation is 1. The number of amides is 1. The molecule has 11 heteroatoms. The van der Waals surface area contributed by atoms with E-state index in [2.05, 4.69) is 17.1 Å². The lowest BCUT2D eigenvalue weighted by Gasteiger charge is -2.24. The molecule has 0 bridgehead atoms. The van der Waals surface area contributed by atoms with Crippen molar-refractivity contribution in [1.29, 1.82) is 0 Å². The van der Waals surface area contributed by atoms with Gasteiger partial charge < -0.3 is 24.1 Å². The zero-order valence-electron chi connectivity index (χ0n) is 21.8. The fraction of sp³-hybridized carbons (Fsp3) is 0.333. The Morgan fingerprint density at radius 1 is 1.03 bits per heavy atom. The summed E-state index contributed by atoms with van der Waals surface area (Å²) >= 11 is 1.16. The number of anilines is 1. The van der Waals surface area contributed by atoms with Crippen LogP contribution >= 0.6 is 11.3 Å². The van der Waals surface area contributed by atoms with Crippen molar-refractivity contribution < 1.29 is 33.6 Å². The number of rotatable bonds is 10. The van der Waals surface area contributed by atoms with Crippen LogP contribution in [0.4, 0.5) is 5.13 Å². The molecule has 38 heavy (non-hydrogen) atoms. The standard InChI is InChI=1S/C27H29N3O7S/c1-6-7-12-37-18-10-8-16(9-11-18)23(31)21-22(17-13-19(34-3)25(36-5)20(14-17)35-4)30(26(33)24(21)32)27-29-28-15(2)38-27/h8-11,13-14,22,31H,6-7,12H2,1-5H3/b23-21-. The van der Waals surface area contributed by atoms with Crippen molar-refractivity contribution in [1.82, 2.24) is 10.2 Å². The summed E-state index contributed by atoms with van der Waals surface area (Å²) in [5.74, 6) is -0.365. The molecule has 0 radical (unpaired) electrons. The Bertz CT molecular complexity index is 1340. The van der Waals surface area contributed by atoms with Crippen LogP contribution in [0.25, 0.3) is 5.76 Å². The minimum absolute atomic E-state index is 0.100. The number of methoxy groups -OCH3 is 3. The highest BCUT2D eigenvalue weighted by molar-refractivity contribution is 7.15. The molecule has 0 spiro atoms. The number of aliphatic hydroxyl groups excluding tert-OH is 1. The van der Waals surface area contributed by atoms with Gasteiger partial charge in [-0.05, 0) is 55.3 Å². The van der Waals surface area contributed by atoms with E-state index in [0.29, 0.717) is 45.7 Å². The zero-order valence-corrected chi connectivity index (χ0v) is 22.6. The lowest BCUT2D eigenvalue weighted by Crippen LogP contribution is -2.29. The quantitative estimate of drug-likeness (QED) is 0.169. The number of hydrogen-bond acceptors (Lipinski definition) is 10. The van der Waals surface area contributed by atoms with Crippen molar-refractivity contribution in [2.24, 2.45) is 0 Å². The average molecular weight is 540 g/mol. The second-order valence-electron chi connectivity index (χ2n) is 8.46. The highest BCUT2D eigenvalue weighted by Crippen LogP contribution is 2.47. The number of aromatic nitrogens is 2. The Morgan fingerprint density at radius 3 is 2.21 bits per heavy atom.